The molecule has 3 amide bonds. The molecule has 2 saturated heterocycles. The van der Waals surface area contributed by atoms with Crippen LogP contribution in [0.25, 0.3) is 0 Å². The van der Waals surface area contributed by atoms with E-state index in [0.717, 1.165) is 62.7 Å². The van der Waals surface area contributed by atoms with Gasteiger partial charge in [-0.1, -0.05) is 31.4 Å². The molecule has 3 fully saturated rings. The normalized spacial score (nSPS) is 34.3. The summed E-state index contributed by atoms with van der Waals surface area (Å²) in [4.78, 5) is 31.3. The fraction of sp³-hybridized carbons (Fsp3) is 0.684. The maximum Gasteiger partial charge on any atom is 0.329 e. The van der Waals surface area contributed by atoms with Gasteiger partial charge in [0.05, 0.1) is 9.21 Å². The lowest BCUT2D eigenvalue weighted by Crippen LogP contribution is -3.28. The number of urea groups is 1. The lowest BCUT2D eigenvalue weighted by molar-refractivity contribution is -1.02. The summed E-state index contributed by atoms with van der Waals surface area (Å²) in [6.07, 6.45) is 3.97. The molecule has 27 heavy (non-hydrogen) atoms. The van der Waals surface area contributed by atoms with Crippen LogP contribution >= 0.6 is 22.9 Å². The topological polar surface area (TPSA) is 58.3 Å². The summed E-state index contributed by atoms with van der Waals surface area (Å²) in [5.74, 6) is 0.233. The van der Waals surface area contributed by atoms with Crippen LogP contribution in [-0.2, 0) is 11.3 Å². The van der Waals surface area contributed by atoms with Gasteiger partial charge in [0.15, 0.2) is 6.67 Å². The van der Waals surface area contributed by atoms with Crippen molar-refractivity contribution in [1.82, 2.24) is 10.2 Å². The molecule has 3 N–H and O–H groups in total. The molecule has 0 radical (unpaired) electrons. The Morgan fingerprint density at radius 2 is 1.96 bits per heavy atom. The number of carbonyl (C=O) groups excluding carboxylic acids is 2. The molecular weight excluding hydrogens is 384 g/mol. The molecule has 8 heteroatoms. The van der Waals surface area contributed by atoms with E-state index in [2.05, 4.69) is 18.3 Å². The van der Waals surface area contributed by atoms with Crippen LogP contribution in [-0.4, -0.2) is 55.2 Å². The number of hydrogen-bond acceptors (Lipinski definition) is 3. The second-order valence-electron chi connectivity index (χ2n) is 8.32. The fourth-order valence-corrected chi connectivity index (χ4v) is 6.01. The van der Waals surface area contributed by atoms with Crippen LogP contribution in [0.5, 0.6) is 0 Å². The van der Waals surface area contributed by atoms with Crippen molar-refractivity contribution in [2.24, 2.45) is 5.92 Å². The third kappa shape index (κ3) is 3.75. The van der Waals surface area contributed by atoms with E-state index in [9.17, 15) is 9.59 Å². The molecule has 0 unspecified atom stereocenters. The van der Waals surface area contributed by atoms with Crippen LogP contribution in [0.3, 0.4) is 0 Å². The zero-order valence-corrected chi connectivity index (χ0v) is 17.4. The van der Waals surface area contributed by atoms with E-state index in [1.165, 1.54) is 14.7 Å². The first-order valence-corrected chi connectivity index (χ1v) is 11.2. The first-order valence-electron chi connectivity index (χ1n) is 10.0. The number of nitrogens with zero attached hydrogens (tertiary/aromatic N) is 1. The van der Waals surface area contributed by atoms with E-state index in [1.54, 1.807) is 16.2 Å². The molecule has 4 rings (SSSR count). The number of quaternary nitrogens is 2. The van der Waals surface area contributed by atoms with Gasteiger partial charge in [-0.2, -0.15) is 0 Å². The first-order chi connectivity index (χ1) is 13.0. The maximum absolute atomic E-state index is 13.1. The Morgan fingerprint density at radius 3 is 2.63 bits per heavy atom. The minimum absolute atomic E-state index is 0.00945. The average molecular weight is 413 g/mol. The minimum Gasteiger partial charge on any atom is -0.323 e. The second-order valence-corrected chi connectivity index (χ2v) is 10.1. The fourth-order valence-electron chi connectivity index (χ4n) is 4.85. The van der Waals surface area contributed by atoms with Crippen molar-refractivity contribution in [2.75, 3.05) is 32.8 Å². The molecule has 2 atom stereocenters. The van der Waals surface area contributed by atoms with Crippen LogP contribution < -0.4 is 15.1 Å². The third-order valence-electron chi connectivity index (χ3n) is 6.60. The molecule has 1 aromatic heterocycles. The number of amides is 3. The van der Waals surface area contributed by atoms with Crippen molar-refractivity contribution in [1.29, 1.82) is 0 Å². The van der Waals surface area contributed by atoms with Gasteiger partial charge >= 0.3 is 6.03 Å². The molecule has 3 heterocycles. The quantitative estimate of drug-likeness (QED) is 0.616. The third-order valence-corrected chi connectivity index (χ3v) is 7.83. The first kappa shape index (κ1) is 19.2. The van der Waals surface area contributed by atoms with Crippen molar-refractivity contribution in [3.8, 4) is 0 Å². The number of halogens is 1. The van der Waals surface area contributed by atoms with E-state index in [-0.39, 0.29) is 17.9 Å². The van der Waals surface area contributed by atoms with Gasteiger partial charge in [0.25, 0.3) is 5.91 Å². The Kier molecular flexibility index (Phi) is 5.47. The summed E-state index contributed by atoms with van der Waals surface area (Å²) in [7, 11) is 0. The SMILES string of the molecule is C[C@H]1CCCC[C@]12NC(=O)N(C[NH+]1CC[NH+](Cc3ccc(Cl)s3)CC1)C2=O. The number of hydrogen-bond donors (Lipinski definition) is 3. The average Bonchev–Trinajstić information content (AvgIpc) is 3.16. The second kappa shape index (κ2) is 7.70. The predicted molar refractivity (Wildman–Crippen MR) is 105 cm³/mol. The van der Waals surface area contributed by atoms with E-state index in [0.29, 0.717) is 6.67 Å². The molecule has 148 valence electrons. The van der Waals surface area contributed by atoms with Crippen LogP contribution in [0.15, 0.2) is 12.1 Å². The van der Waals surface area contributed by atoms with Crippen molar-refractivity contribution in [3.05, 3.63) is 21.3 Å². The summed E-state index contributed by atoms with van der Waals surface area (Å²) in [5.41, 5.74) is -0.639. The minimum atomic E-state index is -0.639. The molecule has 0 bridgehead atoms. The van der Waals surface area contributed by atoms with E-state index < -0.39 is 5.54 Å². The molecule has 1 saturated carbocycles. The molecule has 6 nitrogen and oxygen atoms in total. The van der Waals surface area contributed by atoms with Gasteiger partial charge in [0.1, 0.15) is 38.3 Å². The van der Waals surface area contributed by atoms with Gasteiger partial charge in [-0.3, -0.25) is 4.79 Å². The van der Waals surface area contributed by atoms with E-state index >= 15 is 0 Å². The zero-order chi connectivity index (χ0) is 19.0. The Hall–Kier alpha value is -1.15. The van der Waals surface area contributed by atoms with E-state index in [1.807, 2.05) is 6.07 Å². The Bertz CT molecular complexity index is 718. The molecule has 3 aliphatic rings. The van der Waals surface area contributed by atoms with Gasteiger partial charge in [0.2, 0.25) is 0 Å². The molecule has 1 aliphatic carbocycles. The number of thiophene rings is 1. The molecular formula is C19H29ClN4O2S+2. The van der Waals surface area contributed by atoms with Crippen molar-refractivity contribution in [2.45, 2.75) is 44.7 Å². The highest BCUT2D eigenvalue weighted by Crippen LogP contribution is 2.37. The smallest absolute Gasteiger partial charge is 0.323 e. The van der Waals surface area contributed by atoms with Crippen LogP contribution in [0.1, 0.15) is 37.5 Å². The maximum atomic E-state index is 13.1. The van der Waals surface area contributed by atoms with Gasteiger partial charge < -0.3 is 15.1 Å². The van der Waals surface area contributed by atoms with Crippen LogP contribution in [0.4, 0.5) is 4.79 Å². The summed E-state index contributed by atoms with van der Waals surface area (Å²) < 4.78 is 0.845. The lowest BCUT2D eigenvalue weighted by Gasteiger charge is -2.37. The number of piperazine rings is 1. The number of rotatable bonds is 4. The highest BCUT2D eigenvalue weighted by molar-refractivity contribution is 7.16. The van der Waals surface area contributed by atoms with Crippen LogP contribution in [0, 0.1) is 5.92 Å². The summed E-state index contributed by atoms with van der Waals surface area (Å²) in [6.45, 7) is 7.67. The Morgan fingerprint density at radius 1 is 1.22 bits per heavy atom. The zero-order valence-electron chi connectivity index (χ0n) is 15.9. The van der Waals surface area contributed by atoms with Crippen molar-refractivity contribution in [3.63, 3.8) is 0 Å². The lowest BCUT2D eigenvalue weighted by atomic mass is 9.73. The largest absolute Gasteiger partial charge is 0.329 e. The highest BCUT2D eigenvalue weighted by atomic mass is 35.5. The standard InChI is InChI=1S/C19H27ClN4O2S/c1-14-4-2-3-7-19(14)17(25)24(18(26)21-19)13-23-10-8-22(9-11-23)12-15-5-6-16(20)27-15/h5-6,14H,2-4,7-13H2,1H3,(H,21,26)/p+2/t14-,19-/m0/s1. The summed E-state index contributed by atoms with van der Waals surface area (Å²) in [5, 5.41) is 3.06. The van der Waals surface area contributed by atoms with Gasteiger partial charge in [-0.25, -0.2) is 9.69 Å². The molecule has 1 aromatic rings. The molecule has 1 spiro atoms. The molecule has 2 aliphatic heterocycles. The van der Waals surface area contributed by atoms with Gasteiger partial charge in [-0.15, -0.1) is 11.3 Å². The van der Waals surface area contributed by atoms with Gasteiger partial charge in [-0.05, 0) is 30.9 Å². The monoisotopic (exact) mass is 412 g/mol. The van der Waals surface area contributed by atoms with Crippen LogP contribution in [0.2, 0.25) is 4.34 Å². The summed E-state index contributed by atoms with van der Waals surface area (Å²) >= 11 is 7.68. The van der Waals surface area contributed by atoms with E-state index in [4.69, 9.17) is 11.6 Å². The Labute approximate surface area is 169 Å². The number of imide groups is 1. The van der Waals surface area contributed by atoms with Crippen molar-refractivity contribution < 1.29 is 19.4 Å². The van der Waals surface area contributed by atoms with Crippen molar-refractivity contribution >= 4 is 34.9 Å². The molecule has 0 aromatic carbocycles. The highest BCUT2D eigenvalue weighted by Gasteiger charge is 2.55. The predicted octanol–water partition coefficient (Wildman–Crippen LogP) is 0.143. The Balaban J connectivity index is 1.32. The number of carbonyl (C=O) groups is 2. The number of nitrogens with one attached hydrogen (secondary N) is 3. The summed E-state index contributed by atoms with van der Waals surface area (Å²) in [6, 6.07) is 3.88. The van der Waals surface area contributed by atoms with Gasteiger partial charge in [0, 0.05) is 0 Å².